The van der Waals surface area contributed by atoms with Crippen LogP contribution in [0.15, 0.2) is 18.5 Å². The molecule has 1 spiro atoms. The topological polar surface area (TPSA) is 41.1 Å². The summed E-state index contributed by atoms with van der Waals surface area (Å²) in [6, 6.07) is 1.87. The van der Waals surface area contributed by atoms with Gasteiger partial charge in [0, 0.05) is 32.0 Å². The molecular weight excluding hydrogens is 176 g/mol. The molecule has 2 saturated heterocycles. The number of nitrogens with one attached hydrogen (secondary N) is 1. The minimum atomic E-state index is 0.335. The molecule has 0 radical (unpaired) electrons. The Morgan fingerprint density at radius 2 is 2.07 bits per heavy atom. The zero-order valence-corrected chi connectivity index (χ0v) is 8.11. The summed E-state index contributed by atoms with van der Waals surface area (Å²) in [6.45, 7) is 3.28. The highest BCUT2D eigenvalue weighted by molar-refractivity contribution is 5.39. The number of hydrogen-bond donors (Lipinski definition) is 1. The van der Waals surface area contributed by atoms with Gasteiger partial charge in [0.15, 0.2) is 0 Å². The highest BCUT2D eigenvalue weighted by Crippen LogP contribution is 2.34. The molecule has 1 aromatic rings. The van der Waals surface area contributed by atoms with Crippen LogP contribution in [-0.4, -0.2) is 35.1 Å². The van der Waals surface area contributed by atoms with Crippen LogP contribution in [0, 0.1) is 0 Å². The Morgan fingerprint density at radius 1 is 1.29 bits per heavy atom. The van der Waals surface area contributed by atoms with E-state index in [0.717, 1.165) is 25.6 Å². The smallest absolute Gasteiger partial charge is 0.225 e. The van der Waals surface area contributed by atoms with Crippen molar-refractivity contribution in [3.63, 3.8) is 0 Å². The molecule has 4 nitrogen and oxygen atoms in total. The first-order valence-electron chi connectivity index (χ1n) is 5.16. The van der Waals surface area contributed by atoms with Crippen LogP contribution in [0.2, 0.25) is 0 Å². The van der Waals surface area contributed by atoms with Gasteiger partial charge in [-0.05, 0) is 18.9 Å². The average Bonchev–Trinajstić information content (AvgIpc) is 2.62. The fourth-order valence-electron chi connectivity index (χ4n) is 2.46. The summed E-state index contributed by atoms with van der Waals surface area (Å²) < 4.78 is 0. The van der Waals surface area contributed by atoms with Gasteiger partial charge in [-0.15, -0.1) is 0 Å². The van der Waals surface area contributed by atoms with Gasteiger partial charge in [0.2, 0.25) is 5.95 Å². The zero-order valence-electron chi connectivity index (χ0n) is 8.11. The van der Waals surface area contributed by atoms with Crippen molar-refractivity contribution in [3.05, 3.63) is 18.5 Å². The van der Waals surface area contributed by atoms with Gasteiger partial charge < -0.3 is 10.2 Å². The Kier molecular flexibility index (Phi) is 1.70. The Labute approximate surface area is 83.4 Å². The fourth-order valence-corrected chi connectivity index (χ4v) is 2.46. The van der Waals surface area contributed by atoms with Crippen molar-refractivity contribution in [2.24, 2.45) is 0 Å². The van der Waals surface area contributed by atoms with Gasteiger partial charge in [0.25, 0.3) is 0 Å². The number of hydrogen-bond acceptors (Lipinski definition) is 4. The first-order chi connectivity index (χ1) is 6.91. The molecule has 2 aliphatic rings. The van der Waals surface area contributed by atoms with E-state index in [1.807, 2.05) is 18.5 Å². The third-order valence-electron chi connectivity index (χ3n) is 3.30. The van der Waals surface area contributed by atoms with Gasteiger partial charge in [-0.2, -0.15) is 0 Å². The van der Waals surface area contributed by atoms with Crippen molar-refractivity contribution in [3.8, 4) is 0 Å². The minimum Gasteiger partial charge on any atom is -0.333 e. The van der Waals surface area contributed by atoms with Gasteiger partial charge in [-0.1, -0.05) is 0 Å². The maximum atomic E-state index is 4.33. The molecule has 0 unspecified atom stereocenters. The van der Waals surface area contributed by atoms with Crippen LogP contribution in [0.4, 0.5) is 5.95 Å². The van der Waals surface area contributed by atoms with Crippen LogP contribution in [0.5, 0.6) is 0 Å². The monoisotopic (exact) mass is 190 g/mol. The van der Waals surface area contributed by atoms with Gasteiger partial charge in [0.05, 0.1) is 5.54 Å². The molecule has 14 heavy (non-hydrogen) atoms. The Hall–Kier alpha value is -1.16. The summed E-state index contributed by atoms with van der Waals surface area (Å²) >= 11 is 0. The fraction of sp³-hybridized carbons (Fsp3) is 0.600. The lowest BCUT2D eigenvalue weighted by Gasteiger charge is -2.46. The van der Waals surface area contributed by atoms with Gasteiger partial charge in [-0.25, -0.2) is 9.97 Å². The van der Waals surface area contributed by atoms with Gasteiger partial charge in [0.1, 0.15) is 0 Å². The second kappa shape index (κ2) is 2.92. The summed E-state index contributed by atoms with van der Waals surface area (Å²) in [4.78, 5) is 11.0. The molecule has 2 aliphatic heterocycles. The first-order valence-corrected chi connectivity index (χ1v) is 5.16. The molecule has 0 amide bonds. The lowest BCUT2D eigenvalue weighted by Crippen LogP contribution is -2.66. The Bertz CT molecular complexity index is 320. The largest absolute Gasteiger partial charge is 0.333 e. The van der Waals surface area contributed by atoms with E-state index in [1.54, 1.807) is 0 Å². The molecule has 4 heteroatoms. The number of nitrogens with zero attached hydrogens (tertiary/aromatic N) is 3. The van der Waals surface area contributed by atoms with Crippen molar-refractivity contribution < 1.29 is 0 Å². The molecule has 0 aliphatic carbocycles. The van der Waals surface area contributed by atoms with E-state index in [2.05, 4.69) is 20.2 Å². The van der Waals surface area contributed by atoms with Crippen molar-refractivity contribution in [1.29, 1.82) is 0 Å². The molecule has 3 heterocycles. The van der Waals surface area contributed by atoms with Crippen molar-refractivity contribution in [1.82, 2.24) is 15.3 Å². The summed E-state index contributed by atoms with van der Waals surface area (Å²) in [5.41, 5.74) is 0.335. The molecule has 1 N–H and O–H groups in total. The maximum absolute atomic E-state index is 4.33. The average molecular weight is 190 g/mol. The summed E-state index contributed by atoms with van der Waals surface area (Å²) in [5, 5.41) is 3.35. The van der Waals surface area contributed by atoms with E-state index in [9.17, 15) is 0 Å². The summed E-state index contributed by atoms with van der Waals surface area (Å²) in [5.74, 6) is 0.895. The first kappa shape index (κ1) is 8.17. The molecular formula is C10H14N4. The predicted molar refractivity (Wildman–Crippen MR) is 54.2 cm³/mol. The number of rotatable bonds is 1. The molecule has 0 bridgehead atoms. The second-order valence-corrected chi connectivity index (χ2v) is 4.13. The molecule has 1 aromatic heterocycles. The molecule has 2 fully saturated rings. The van der Waals surface area contributed by atoms with Crippen LogP contribution in [0.3, 0.4) is 0 Å². The van der Waals surface area contributed by atoms with Crippen LogP contribution in [0.1, 0.15) is 12.8 Å². The normalized spacial score (nSPS) is 23.9. The highest BCUT2D eigenvalue weighted by Gasteiger charge is 2.46. The van der Waals surface area contributed by atoms with E-state index in [0.29, 0.717) is 5.54 Å². The van der Waals surface area contributed by atoms with Crippen molar-refractivity contribution >= 4 is 5.95 Å². The van der Waals surface area contributed by atoms with Crippen LogP contribution >= 0.6 is 0 Å². The lowest BCUT2D eigenvalue weighted by molar-refractivity contribution is 0.280. The summed E-state index contributed by atoms with van der Waals surface area (Å²) in [6.07, 6.45) is 6.18. The Morgan fingerprint density at radius 3 is 2.71 bits per heavy atom. The number of anilines is 1. The minimum absolute atomic E-state index is 0.335. The van der Waals surface area contributed by atoms with E-state index < -0.39 is 0 Å². The molecule has 3 rings (SSSR count). The predicted octanol–water partition coefficient (Wildman–Crippen LogP) is 0.419. The van der Waals surface area contributed by atoms with Gasteiger partial charge >= 0.3 is 0 Å². The second-order valence-electron chi connectivity index (χ2n) is 4.13. The quantitative estimate of drug-likeness (QED) is 0.696. The summed E-state index contributed by atoms with van der Waals surface area (Å²) in [7, 11) is 0. The highest BCUT2D eigenvalue weighted by atomic mass is 15.4. The van der Waals surface area contributed by atoms with Crippen LogP contribution in [0.25, 0.3) is 0 Å². The van der Waals surface area contributed by atoms with Gasteiger partial charge in [-0.3, -0.25) is 0 Å². The molecule has 0 atom stereocenters. The van der Waals surface area contributed by atoms with E-state index >= 15 is 0 Å². The van der Waals surface area contributed by atoms with Crippen molar-refractivity contribution in [2.45, 2.75) is 18.4 Å². The van der Waals surface area contributed by atoms with E-state index in [-0.39, 0.29) is 0 Å². The lowest BCUT2D eigenvalue weighted by atomic mass is 9.90. The third-order valence-corrected chi connectivity index (χ3v) is 3.30. The van der Waals surface area contributed by atoms with E-state index in [1.165, 1.54) is 12.8 Å². The SMILES string of the molecule is c1cnc(N2CCCC23CNC3)nc1. The maximum Gasteiger partial charge on any atom is 0.225 e. The van der Waals surface area contributed by atoms with Crippen molar-refractivity contribution in [2.75, 3.05) is 24.5 Å². The van der Waals surface area contributed by atoms with Crippen LogP contribution < -0.4 is 10.2 Å². The Balaban J connectivity index is 1.91. The van der Waals surface area contributed by atoms with Crippen LogP contribution in [-0.2, 0) is 0 Å². The molecule has 74 valence electrons. The van der Waals surface area contributed by atoms with E-state index in [4.69, 9.17) is 0 Å². The molecule has 0 aromatic carbocycles. The number of aromatic nitrogens is 2. The standard InChI is InChI=1S/C10H14N4/c1-3-10(7-11-8-10)14(6-1)9-12-4-2-5-13-9/h2,4-5,11H,1,3,6-8H2. The zero-order chi connectivity index (χ0) is 9.43. The molecule has 0 saturated carbocycles. The third kappa shape index (κ3) is 1.04.